The summed E-state index contributed by atoms with van der Waals surface area (Å²) in [6.07, 6.45) is 28.8. The Morgan fingerprint density at radius 3 is 1.57 bits per heavy atom. The molecule has 3 rings (SSSR count). The lowest BCUT2D eigenvalue weighted by Crippen LogP contribution is -2.41. The molecule has 0 amide bonds. The summed E-state index contributed by atoms with van der Waals surface area (Å²) < 4.78 is 5.19. The van der Waals surface area contributed by atoms with E-state index >= 15 is 0 Å². The molecule has 42 heavy (non-hydrogen) atoms. The molecule has 1 unspecified atom stereocenters. The van der Waals surface area contributed by atoms with E-state index in [2.05, 4.69) is 96.8 Å². The van der Waals surface area contributed by atoms with Gasteiger partial charge in [0.1, 0.15) is 11.9 Å². The molecule has 1 atom stereocenters. The first-order valence-electron chi connectivity index (χ1n) is 17.9. The summed E-state index contributed by atoms with van der Waals surface area (Å²) in [6.45, 7) is 9.15. The molecular weight excluding hydrogens is 508 g/mol. The molecule has 1 heterocycles. The van der Waals surface area contributed by atoms with Crippen LogP contribution in [0.25, 0.3) is 0 Å². The number of imidazole rings is 1. The average Bonchev–Trinajstić information content (AvgIpc) is 3.34. The van der Waals surface area contributed by atoms with Crippen LogP contribution < -0.4 is 4.57 Å². The van der Waals surface area contributed by atoms with Gasteiger partial charge in [-0.25, -0.2) is 9.13 Å². The third kappa shape index (κ3) is 12.9. The lowest BCUT2D eigenvalue weighted by atomic mass is 9.96. The van der Waals surface area contributed by atoms with E-state index in [4.69, 9.17) is 0 Å². The molecule has 232 valence electrons. The molecule has 0 aliphatic rings. The minimum atomic E-state index is 0.519. The Balaban J connectivity index is 1.39. The SMILES string of the molecule is CCCCCCCCCCCCCCCCCCC[n+]1c(CC(C)c2ccccc2)cn(CC)c1Cc1ccccc1. The van der Waals surface area contributed by atoms with Gasteiger partial charge in [-0.3, -0.25) is 0 Å². The average molecular weight is 572 g/mol. The Hall–Kier alpha value is -2.35. The summed E-state index contributed by atoms with van der Waals surface area (Å²) in [6, 6.07) is 22.1. The van der Waals surface area contributed by atoms with Crippen LogP contribution in [0.15, 0.2) is 66.9 Å². The van der Waals surface area contributed by atoms with E-state index in [1.165, 1.54) is 132 Å². The van der Waals surface area contributed by atoms with Crippen molar-refractivity contribution in [3.05, 3.63) is 89.5 Å². The lowest BCUT2D eigenvalue weighted by Gasteiger charge is -2.12. The number of aromatic nitrogens is 2. The highest BCUT2D eigenvalue weighted by atomic mass is 15.2. The quantitative estimate of drug-likeness (QED) is 0.0747. The van der Waals surface area contributed by atoms with E-state index in [-0.39, 0.29) is 0 Å². The van der Waals surface area contributed by atoms with Crippen molar-refractivity contribution in [1.29, 1.82) is 0 Å². The Bertz CT molecular complexity index is 1050. The zero-order valence-corrected chi connectivity index (χ0v) is 27.7. The maximum absolute atomic E-state index is 2.68. The fourth-order valence-electron chi connectivity index (χ4n) is 6.54. The van der Waals surface area contributed by atoms with E-state index in [9.17, 15) is 0 Å². The maximum Gasteiger partial charge on any atom is 0.261 e. The summed E-state index contributed by atoms with van der Waals surface area (Å²) in [7, 11) is 0. The van der Waals surface area contributed by atoms with E-state index < -0.39 is 0 Å². The van der Waals surface area contributed by atoms with Gasteiger partial charge in [0.2, 0.25) is 0 Å². The summed E-state index contributed by atoms with van der Waals surface area (Å²) in [5, 5.41) is 0. The van der Waals surface area contributed by atoms with Gasteiger partial charge in [0.05, 0.1) is 19.5 Å². The summed E-state index contributed by atoms with van der Waals surface area (Å²) in [5.74, 6) is 1.99. The van der Waals surface area contributed by atoms with Crippen molar-refractivity contribution in [3.63, 3.8) is 0 Å². The molecule has 3 aromatic rings. The second-order valence-corrected chi connectivity index (χ2v) is 12.8. The minimum absolute atomic E-state index is 0.519. The Morgan fingerprint density at radius 1 is 0.595 bits per heavy atom. The molecule has 0 fully saturated rings. The van der Waals surface area contributed by atoms with Gasteiger partial charge in [0, 0.05) is 6.42 Å². The summed E-state index contributed by atoms with van der Waals surface area (Å²) in [4.78, 5) is 0. The Labute approximate surface area is 260 Å². The predicted octanol–water partition coefficient (Wildman–Crippen LogP) is 11.4. The molecule has 2 aromatic carbocycles. The summed E-state index contributed by atoms with van der Waals surface area (Å²) in [5.41, 5.74) is 4.34. The van der Waals surface area contributed by atoms with Crippen LogP contribution in [-0.2, 0) is 25.9 Å². The van der Waals surface area contributed by atoms with Gasteiger partial charge in [0.25, 0.3) is 5.82 Å². The highest BCUT2D eigenvalue weighted by Gasteiger charge is 2.24. The fourth-order valence-corrected chi connectivity index (χ4v) is 6.54. The van der Waals surface area contributed by atoms with Crippen molar-refractivity contribution < 1.29 is 4.57 Å². The topological polar surface area (TPSA) is 8.81 Å². The number of hydrogen-bond acceptors (Lipinski definition) is 0. The zero-order chi connectivity index (χ0) is 29.7. The van der Waals surface area contributed by atoms with Crippen LogP contribution in [0.3, 0.4) is 0 Å². The first kappa shape index (κ1) is 34.1. The molecule has 0 saturated heterocycles. The fraction of sp³-hybridized carbons (Fsp3) is 0.625. The van der Waals surface area contributed by atoms with Gasteiger partial charge in [-0.05, 0) is 36.8 Å². The minimum Gasteiger partial charge on any atom is -0.234 e. The first-order chi connectivity index (χ1) is 20.7. The highest BCUT2D eigenvalue weighted by Crippen LogP contribution is 2.21. The monoisotopic (exact) mass is 571 g/mol. The van der Waals surface area contributed by atoms with E-state index in [1.54, 1.807) is 0 Å². The molecule has 2 nitrogen and oxygen atoms in total. The second kappa shape index (κ2) is 21.4. The van der Waals surface area contributed by atoms with Gasteiger partial charge >= 0.3 is 0 Å². The van der Waals surface area contributed by atoms with Crippen LogP contribution >= 0.6 is 0 Å². The third-order valence-electron chi connectivity index (χ3n) is 9.21. The van der Waals surface area contributed by atoms with Crippen molar-refractivity contribution >= 4 is 0 Å². The number of benzene rings is 2. The molecule has 0 N–H and O–H groups in total. The van der Waals surface area contributed by atoms with Gasteiger partial charge in [-0.1, -0.05) is 171 Å². The van der Waals surface area contributed by atoms with Gasteiger partial charge in [-0.2, -0.15) is 0 Å². The second-order valence-electron chi connectivity index (χ2n) is 12.8. The van der Waals surface area contributed by atoms with Crippen molar-refractivity contribution in [3.8, 4) is 0 Å². The van der Waals surface area contributed by atoms with E-state index in [1.807, 2.05) is 0 Å². The number of rotatable bonds is 24. The zero-order valence-electron chi connectivity index (χ0n) is 27.7. The number of hydrogen-bond donors (Lipinski definition) is 0. The van der Waals surface area contributed by atoms with Crippen LogP contribution in [-0.4, -0.2) is 4.57 Å². The van der Waals surface area contributed by atoms with Crippen LogP contribution in [0.2, 0.25) is 0 Å². The number of unbranched alkanes of at least 4 members (excludes halogenated alkanes) is 16. The lowest BCUT2D eigenvalue weighted by molar-refractivity contribution is -0.710. The molecule has 0 saturated carbocycles. The van der Waals surface area contributed by atoms with Crippen LogP contribution in [0.4, 0.5) is 0 Å². The molecule has 0 aliphatic heterocycles. The van der Waals surface area contributed by atoms with Gasteiger partial charge < -0.3 is 0 Å². The molecule has 2 heteroatoms. The molecule has 0 radical (unpaired) electrons. The largest absolute Gasteiger partial charge is 0.261 e. The molecule has 1 aromatic heterocycles. The van der Waals surface area contributed by atoms with E-state index in [0.717, 1.165) is 25.9 Å². The molecule has 0 aliphatic carbocycles. The van der Waals surface area contributed by atoms with Crippen LogP contribution in [0.1, 0.15) is 158 Å². The maximum atomic E-state index is 2.68. The van der Waals surface area contributed by atoms with Gasteiger partial charge in [0.15, 0.2) is 0 Å². The normalized spacial score (nSPS) is 12.2. The molecule has 0 bridgehead atoms. The third-order valence-corrected chi connectivity index (χ3v) is 9.21. The first-order valence-corrected chi connectivity index (χ1v) is 17.9. The van der Waals surface area contributed by atoms with Crippen LogP contribution in [0.5, 0.6) is 0 Å². The van der Waals surface area contributed by atoms with Crippen molar-refractivity contribution in [2.24, 2.45) is 0 Å². The van der Waals surface area contributed by atoms with Crippen molar-refractivity contribution in [1.82, 2.24) is 4.57 Å². The summed E-state index contributed by atoms with van der Waals surface area (Å²) >= 11 is 0. The Morgan fingerprint density at radius 2 is 1.07 bits per heavy atom. The molecular formula is C40H63N2+. The standard InChI is InChI=1S/C40H63N2/c1-4-6-7-8-9-10-11-12-13-14-15-16-17-18-19-20-27-32-42-39(33-36(3)38-30-25-22-26-31-38)35-41(5-2)40(42)34-37-28-23-21-24-29-37/h21-26,28-31,35-36H,4-20,27,32-34H2,1-3H3/q+1. The van der Waals surface area contributed by atoms with Crippen molar-refractivity contribution in [2.45, 2.75) is 162 Å². The van der Waals surface area contributed by atoms with Gasteiger partial charge in [-0.15, -0.1) is 0 Å². The molecule has 0 spiro atoms. The number of aryl methyl sites for hydroxylation is 1. The Kier molecular flexibility index (Phi) is 17.4. The highest BCUT2D eigenvalue weighted by molar-refractivity contribution is 5.21. The van der Waals surface area contributed by atoms with Crippen molar-refractivity contribution in [2.75, 3.05) is 0 Å². The predicted molar refractivity (Wildman–Crippen MR) is 182 cm³/mol. The number of nitrogens with zero attached hydrogens (tertiary/aromatic N) is 2. The van der Waals surface area contributed by atoms with Crippen LogP contribution in [0, 0.1) is 0 Å². The van der Waals surface area contributed by atoms with E-state index in [0.29, 0.717) is 5.92 Å². The smallest absolute Gasteiger partial charge is 0.234 e.